The molecule has 3 rings (SSSR count). The maximum absolute atomic E-state index is 12.6. The number of carbonyl (C=O) groups excluding carboxylic acids is 2. The number of rotatable bonds is 6. The molecular weight excluding hydrogens is 280 g/mol. The highest BCUT2D eigenvalue weighted by atomic mass is 16.5. The standard InChI is InChI=1S/C17H22N2O3/c1-11(2)22-14-6-4-3-5-13(14)19-16(21)17(9-10-17)15(20)18-12-7-8-12/h3-6,11-12H,7-10H2,1-2H3,(H,18,20)(H,19,21). The summed E-state index contributed by atoms with van der Waals surface area (Å²) in [6.07, 6.45) is 3.30. The molecule has 0 spiro atoms. The van der Waals surface area contributed by atoms with E-state index in [1.807, 2.05) is 32.0 Å². The molecule has 2 fully saturated rings. The number of para-hydroxylation sites is 2. The highest BCUT2D eigenvalue weighted by Crippen LogP contribution is 2.47. The summed E-state index contributed by atoms with van der Waals surface area (Å²) in [4.78, 5) is 24.8. The van der Waals surface area contributed by atoms with Crippen molar-refractivity contribution in [2.24, 2.45) is 5.41 Å². The van der Waals surface area contributed by atoms with E-state index in [1.165, 1.54) is 0 Å². The molecule has 1 aromatic carbocycles. The van der Waals surface area contributed by atoms with Gasteiger partial charge in [-0.05, 0) is 51.7 Å². The van der Waals surface area contributed by atoms with Crippen LogP contribution in [0.3, 0.4) is 0 Å². The van der Waals surface area contributed by atoms with Crippen LogP contribution in [-0.2, 0) is 9.59 Å². The number of ether oxygens (including phenoxy) is 1. The second-order valence-corrected chi connectivity index (χ2v) is 6.45. The second-order valence-electron chi connectivity index (χ2n) is 6.45. The van der Waals surface area contributed by atoms with Crippen LogP contribution in [0.2, 0.25) is 0 Å². The number of hydrogen-bond acceptors (Lipinski definition) is 3. The quantitative estimate of drug-likeness (QED) is 0.793. The van der Waals surface area contributed by atoms with Gasteiger partial charge in [0.2, 0.25) is 11.8 Å². The molecule has 1 aromatic rings. The van der Waals surface area contributed by atoms with Crippen molar-refractivity contribution < 1.29 is 14.3 Å². The van der Waals surface area contributed by atoms with E-state index >= 15 is 0 Å². The molecule has 0 radical (unpaired) electrons. The molecule has 0 bridgehead atoms. The molecule has 0 atom stereocenters. The van der Waals surface area contributed by atoms with Crippen LogP contribution in [0.4, 0.5) is 5.69 Å². The van der Waals surface area contributed by atoms with Crippen molar-refractivity contribution in [3.05, 3.63) is 24.3 Å². The van der Waals surface area contributed by atoms with Crippen LogP contribution in [0.5, 0.6) is 5.75 Å². The zero-order valence-corrected chi connectivity index (χ0v) is 13.0. The maximum Gasteiger partial charge on any atom is 0.240 e. The summed E-state index contributed by atoms with van der Waals surface area (Å²) < 4.78 is 5.70. The predicted octanol–water partition coefficient (Wildman–Crippen LogP) is 2.47. The molecule has 5 heteroatoms. The Hall–Kier alpha value is -2.04. The van der Waals surface area contributed by atoms with Crippen molar-refractivity contribution in [1.29, 1.82) is 0 Å². The Morgan fingerprint density at radius 2 is 1.86 bits per heavy atom. The van der Waals surface area contributed by atoms with Gasteiger partial charge >= 0.3 is 0 Å². The third-order valence-corrected chi connectivity index (χ3v) is 4.03. The van der Waals surface area contributed by atoms with Crippen molar-refractivity contribution in [3.63, 3.8) is 0 Å². The first kappa shape index (κ1) is 14.9. The average Bonchev–Trinajstić information content (AvgIpc) is 3.34. The average molecular weight is 302 g/mol. The van der Waals surface area contributed by atoms with Gasteiger partial charge in [0.25, 0.3) is 0 Å². The van der Waals surface area contributed by atoms with Gasteiger partial charge in [-0.2, -0.15) is 0 Å². The Kier molecular flexibility index (Phi) is 3.81. The van der Waals surface area contributed by atoms with E-state index in [0.717, 1.165) is 12.8 Å². The molecule has 0 aromatic heterocycles. The van der Waals surface area contributed by atoms with Crippen LogP contribution in [0.15, 0.2) is 24.3 Å². The molecule has 2 amide bonds. The van der Waals surface area contributed by atoms with E-state index in [1.54, 1.807) is 6.07 Å². The van der Waals surface area contributed by atoms with Gasteiger partial charge in [-0.3, -0.25) is 9.59 Å². The molecule has 2 aliphatic rings. The molecule has 118 valence electrons. The smallest absolute Gasteiger partial charge is 0.240 e. The van der Waals surface area contributed by atoms with E-state index < -0.39 is 5.41 Å². The lowest BCUT2D eigenvalue weighted by Gasteiger charge is -2.18. The SMILES string of the molecule is CC(C)Oc1ccccc1NC(=O)C1(C(=O)NC2CC2)CC1. The maximum atomic E-state index is 12.6. The summed E-state index contributed by atoms with van der Waals surface area (Å²) in [5, 5.41) is 5.81. The van der Waals surface area contributed by atoms with Crippen LogP contribution >= 0.6 is 0 Å². The minimum atomic E-state index is -0.881. The second kappa shape index (κ2) is 5.63. The van der Waals surface area contributed by atoms with E-state index in [2.05, 4.69) is 10.6 Å². The van der Waals surface area contributed by atoms with Crippen LogP contribution < -0.4 is 15.4 Å². The Morgan fingerprint density at radius 3 is 2.45 bits per heavy atom. The van der Waals surface area contributed by atoms with Crippen molar-refractivity contribution in [2.75, 3.05) is 5.32 Å². The first-order valence-electron chi connectivity index (χ1n) is 7.89. The normalized spacial score (nSPS) is 18.7. The molecule has 0 aliphatic heterocycles. The highest BCUT2D eigenvalue weighted by Gasteiger charge is 2.57. The van der Waals surface area contributed by atoms with Crippen LogP contribution in [0, 0.1) is 5.41 Å². The van der Waals surface area contributed by atoms with Gasteiger partial charge in [0.05, 0.1) is 11.8 Å². The number of hydrogen-bond donors (Lipinski definition) is 2. The summed E-state index contributed by atoms with van der Waals surface area (Å²) in [6, 6.07) is 7.59. The number of benzene rings is 1. The molecule has 0 unspecified atom stereocenters. The Bertz CT molecular complexity index is 589. The largest absolute Gasteiger partial charge is 0.489 e. The van der Waals surface area contributed by atoms with Gasteiger partial charge in [-0.25, -0.2) is 0 Å². The highest BCUT2D eigenvalue weighted by molar-refractivity contribution is 6.13. The van der Waals surface area contributed by atoms with Crippen molar-refractivity contribution >= 4 is 17.5 Å². The minimum Gasteiger partial charge on any atom is -0.489 e. The third-order valence-electron chi connectivity index (χ3n) is 4.03. The third kappa shape index (κ3) is 3.08. The number of nitrogens with one attached hydrogen (secondary N) is 2. The van der Waals surface area contributed by atoms with E-state index in [0.29, 0.717) is 24.3 Å². The van der Waals surface area contributed by atoms with Gasteiger partial charge in [0.15, 0.2) is 0 Å². The van der Waals surface area contributed by atoms with Crippen molar-refractivity contribution in [2.45, 2.75) is 51.7 Å². The molecule has 0 saturated heterocycles. The molecule has 2 aliphatic carbocycles. The van der Waals surface area contributed by atoms with Gasteiger partial charge in [0.1, 0.15) is 11.2 Å². The Morgan fingerprint density at radius 1 is 1.18 bits per heavy atom. The molecular formula is C17H22N2O3. The first-order valence-corrected chi connectivity index (χ1v) is 7.89. The molecule has 0 heterocycles. The summed E-state index contributed by atoms with van der Waals surface area (Å²) in [5.41, 5.74) is -0.264. The molecule has 22 heavy (non-hydrogen) atoms. The zero-order valence-electron chi connectivity index (χ0n) is 13.0. The summed E-state index contributed by atoms with van der Waals surface area (Å²) >= 11 is 0. The van der Waals surface area contributed by atoms with Gasteiger partial charge in [-0.1, -0.05) is 12.1 Å². The van der Waals surface area contributed by atoms with Crippen molar-refractivity contribution in [3.8, 4) is 5.75 Å². The fourth-order valence-corrected chi connectivity index (χ4v) is 2.40. The van der Waals surface area contributed by atoms with Crippen LogP contribution in [0.25, 0.3) is 0 Å². The van der Waals surface area contributed by atoms with Gasteiger partial charge < -0.3 is 15.4 Å². The monoisotopic (exact) mass is 302 g/mol. The fourth-order valence-electron chi connectivity index (χ4n) is 2.40. The lowest BCUT2D eigenvalue weighted by atomic mass is 10.0. The first-order chi connectivity index (χ1) is 10.5. The van der Waals surface area contributed by atoms with E-state index in [4.69, 9.17) is 4.74 Å². The topological polar surface area (TPSA) is 67.4 Å². The fraction of sp³-hybridized carbons (Fsp3) is 0.529. The zero-order chi connectivity index (χ0) is 15.7. The summed E-state index contributed by atoms with van der Waals surface area (Å²) in [7, 11) is 0. The number of anilines is 1. The van der Waals surface area contributed by atoms with Gasteiger partial charge in [0, 0.05) is 6.04 Å². The Labute approximate surface area is 130 Å². The van der Waals surface area contributed by atoms with Gasteiger partial charge in [-0.15, -0.1) is 0 Å². The van der Waals surface area contributed by atoms with Crippen LogP contribution in [-0.4, -0.2) is 24.0 Å². The van der Waals surface area contributed by atoms with E-state index in [-0.39, 0.29) is 24.0 Å². The molecule has 2 saturated carbocycles. The molecule has 5 nitrogen and oxygen atoms in total. The summed E-state index contributed by atoms with van der Waals surface area (Å²) in [5.74, 6) is 0.268. The Balaban J connectivity index is 1.70. The van der Waals surface area contributed by atoms with E-state index in [9.17, 15) is 9.59 Å². The number of amides is 2. The minimum absolute atomic E-state index is 0.0195. The lowest BCUT2D eigenvalue weighted by Crippen LogP contribution is -2.40. The predicted molar refractivity (Wildman–Crippen MR) is 83.7 cm³/mol. The summed E-state index contributed by atoms with van der Waals surface area (Å²) in [6.45, 7) is 3.87. The lowest BCUT2D eigenvalue weighted by molar-refractivity contribution is -0.134. The molecule has 2 N–H and O–H groups in total. The van der Waals surface area contributed by atoms with Crippen LogP contribution in [0.1, 0.15) is 39.5 Å². The number of carbonyl (C=O) groups is 2. The van der Waals surface area contributed by atoms with Crippen molar-refractivity contribution in [1.82, 2.24) is 5.32 Å².